The number of nitrogens with one attached hydrogen (secondary N) is 4. The molecular weight excluding hydrogens is 566 g/mol. The summed E-state index contributed by atoms with van der Waals surface area (Å²) in [5.74, 6) is -0.455. The standard InChI is InChI=1S/C9H19NO.C8H18N2O4S.C6H15NO2.C5H13NO/c1-8(2)10(4)7-5-6-9(3)11;1-5(2)9-7(6(3)11)8(12)10-15(4,13)14;1-5(2)7-6(3-8)4-9;1-5(2)6-3-4-7/h8H,5-7H2,1-4H3;5-7,9,11H,1-4H3,(H,10,12);5-9H,3-4H2,1-2H3;5-7H,3-4H2,1-2H3/t;6-,7+;;/m.1../s1. The Bertz CT molecular complexity index is 747. The third-order valence-corrected chi connectivity index (χ3v) is 5.73. The minimum Gasteiger partial charge on any atom is -0.395 e. The van der Waals surface area contributed by atoms with E-state index in [1.54, 1.807) is 20.8 Å². The van der Waals surface area contributed by atoms with Crippen molar-refractivity contribution in [3.63, 3.8) is 0 Å². The lowest BCUT2D eigenvalue weighted by Crippen LogP contribution is -2.53. The zero-order valence-electron chi connectivity index (χ0n) is 28.3. The van der Waals surface area contributed by atoms with Gasteiger partial charge in [-0.15, -0.1) is 0 Å². The molecule has 0 aliphatic carbocycles. The summed E-state index contributed by atoms with van der Waals surface area (Å²) in [5, 5.41) is 43.5. The van der Waals surface area contributed by atoms with Crippen molar-refractivity contribution in [3.8, 4) is 0 Å². The first-order valence-electron chi connectivity index (χ1n) is 14.6. The van der Waals surface area contributed by atoms with Gasteiger partial charge in [-0.25, -0.2) is 8.42 Å². The van der Waals surface area contributed by atoms with Crippen LogP contribution in [0.25, 0.3) is 0 Å². The van der Waals surface area contributed by atoms with Gasteiger partial charge in [0, 0.05) is 37.1 Å². The van der Waals surface area contributed by atoms with Crippen LogP contribution in [0.4, 0.5) is 0 Å². The number of sulfonamides is 1. The van der Waals surface area contributed by atoms with Gasteiger partial charge in [-0.05, 0) is 47.7 Å². The minimum atomic E-state index is -3.59. The summed E-state index contributed by atoms with van der Waals surface area (Å²) in [6.45, 7) is 21.0. The fourth-order valence-electron chi connectivity index (χ4n) is 2.86. The summed E-state index contributed by atoms with van der Waals surface area (Å²) >= 11 is 0. The van der Waals surface area contributed by atoms with Crippen LogP contribution in [-0.2, 0) is 19.6 Å². The van der Waals surface area contributed by atoms with E-state index in [4.69, 9.17) is 15.3 Å². The van der Waals surface area contributed by atoms with Gasteiger partial charge in [0.25, 0.3) is 5.91 Å². The number of carbonyl (C=O) groups is 2. The van der Waals surface area contributed by atoms with Crippen molar-refractivity contribution in [3.05, 3.63) is 0 Å². The van der Waals surface area contributed by atoms with E-state index < -0.39 is 28.1 Å². The summed E-state index contributed by atoms with van der Waals surface area (Å²) in [6.07, 6.45) is 1.63. The molecule has 0 bridgehead atoms. The molecule has 2 atom stereocenters. The second-order valence-corrected chi connectivity index (χ2v) is 13.1. The second kappa shape index (κ2) is 28.5. The summed E-state index contributed by atoms with van der Waals surface area (Å²) in [6, 6.07) is 0.267. The molecule has 42 heavy (non-hydrogen) atoms. The molecule has 14 heteroatoms. The quantitative estimate of drug-likeness (QED) is 0.105. The molecule has 0 aliphatic rings. The Morgan fingerprint density at radius 3 is 1.55 bits per heavy atom. The summed E-state index contributed by atoms with van der Waals surface area (Å²) in [7, 11) is -1.50. The second-order valence-electron chi connectivity index (χ2n) is 11.4. The van der Waals surface area contributed by atoms with Crippen LogP contribution in [0.1, 0.15) is 82.1 Å². The topological polar surface area (TPSA) is 201 Å². The number of carbonyl (C=O) groups excluding carboxylic acids is 2. The highest BCUT2D eigenvalue weighted by atomic mass is 32.2. The molecule has 13 nitrogen and oxygen atoms in total. The average molecular weight is 632 g/mol. The Balaban J connectivity index is -0.000000238. The normalized spacial score (nSPS) is 12.8. The lowest BCUT2D eigenvalue weighted by atomic mass is 10.1. The van der Waals surface area contributed by atoms with Gasteiger partial charge in [-0.1, -0.05) is 41.5 Å². The Labute approximate surface area is 256 Å². The summed E-state index contributed by atoms with van der Waals surface area (Å²) in [4.78, 5) is 24.3. The Kier molecular flexibility index (Phi) is 32.4. The summed E-state index contributed by atoms with van der Waals surface area (Å²) < 4.78 is 23.4. The Morgan fingerprint density at radius 1 is 0.833 bits per heavy atom. The van der Waals surface area contributed by atoms with E-state index in [1.165, 1.54) is 6.92 Å². The molecule has 0 aliphatic heterocycles. The lowest BCUT2D eigenvalue weighted by Gasteiger charge is -2.22. The van der Waals surface area contributed by atoms with E-state index in [1.807, 2.05) is 18.6 Å². The molecule has 0 spiro atoms. The number of Topliss-reactive ketones (excluding diaryl/α,β-unsaturated/α-hetero) is 1. The van der Waals surface area contributed by atoms with Gasteiger partial charge in [0.15, 0.2) is 0 Å². The van der Waals surface area contributed by atoms with Crippen molar-refractivity contribution < 1.29 is 38.4 Å². The van der Waals surface area contributed by atoms with Gasteiger partial charge in [0.2, 0.25) is 10.0 Å². The predicted octanol–water partition coefficient (Wildman–Crippen LogP) is -0.180. The van der Waals surface area contributed by atoms with E-state index in [9.17, 15) is 23.1 Å². The van der Waals surface area contributed by atoms with Crippen LogP contribution >= 0.6 is 0 Å². The van der Waals surface area contributed by atoms with Crippen LogP contribution in [0.15, 0.2) is 0 Å². The molecule has 256 valence electrons. The predicted molar refractivity (Wildman–Crippen MR) is 171 cm³/mol. The maximum absolute atomic E-state index is 11.4. The molecule has 0 aromatic rings. The van der Waals surface area contributed by atoms with Crippen LogP contribution in [0.5, 0.6) is 0 Å². The third-order valence-electron chi connectivity index (χ3n) is 5.16. The van der Waals surface area contributed by atoms with Gasteiger partial charge < -0.3 is 46.1 Å². The van der Waals surface area contributed by atoms with Crippen molar-refractivity contribution in [1.29, 1.82) is 0 Å². The van der Waals surface area contributed by atoms with Crippen molar-refractivity contribution >= 4 is 21.7 Å². The molecule has 8 N–H and O–H groups in total. The van der Waals surface area contributed by atoms with Gasteiger partial charge in [0.1, 0.15) is 11.8 Å². The van der Waals surface area contributed by atoms with Crippen molar-refractivity contribution in [1.82, 2.24) is 25.6 Å². The van der Waals surface area contributed by atoms with E-state index in [-0.39, 0.29) is 31.9 Å². The Morgan fingerprint density at radius 2 is 1.31 bits per heavy atom. The van der Waals surface area contributed by atoms with E-state index in [2.05, 4.69) is 55.6 Å². The smallest absolute Gasteiger partial charge is 0.253 e. The monoisotopic (exact) mass is 631 g/mol. The van der Waals surface area contributed by atoms with Gasteiger partial charge in [-0.2, -0.15) is 0 Å². The first-order chi connectivity index (χ1) is 19.1. The van der Waals surface area contributed by atoms with Crippen LogP contribution in [0, 0.1) is 0 Å². The zero-order chi connectivity index (χ0) is 34.1. The van der Waals surface area contributed by atoms with Gasteiger partial charge in [0.05, 0.1) is 38.2 Å². The highest BCUT2D eigenvalue weighted by Gasteiger charge is 2.26. The third kappa shape index (κ3) is 38.8. The molecule has 0 unspecified atom stereocenters. The molecule has 0 heterocycles. The first kappa shape index (κ1) is 47.7. The number of amides is 1. The molecule has 0 aromatic heterocycles. The molecule has 0 radical (unpaired) electrons. The lowest BCUT2D eigenvalue weighted by molar-refractivity contribution is -0.124. The van der Waals surface area contributed by atoms with Crippen molar-refractivity contribution in [2.75, 3.05) is 46.2 Å². The highest BCUT2D eigenvalue weighted by Crippen LogP contribution is 1.98. The fourth-order valence-corrected chi connectivity index (χ4v) is 3.36. The number of hydrogen-bond donors (Lipinski definition) is 8. The SMILES string of the molecule is CC(=O)CCCN(C)C(C)C.CC(C)NC(CO)CO.CC(C)NCCO.CC(C)N[C@H](C(=O)NS(C)(=O)=O)[C@@H](C)O. The largest absolute Gasteiger partial charge is 0.395 e. The van der Waals surface area contributed by atoms with E-state index >= 15 is 0 Å². The molecular formula is C28H65N5O8S. The molecule has 1 amide bonds. The van der Waals surface area contributed by atoms with Crippen molar-refractivity contribution in [2.24, 2.45) is 0 Å². The maximum Gasteiger partial charge on any atom is 0.253 e. The number of ketones is 1. The van der Waals surface area contributed by atoms with Crippen LogP contribution in [0.3, 0.4) is 0 Å². The highest BCUT2D eigenvalue weighted by molar-refractivity contribution is 7.89. The number of nitrogens with zero attached hydrogens (tertiary/aromatic N) is 1. The van der Waals surface area contributed by atoms with Gasteiger partial charge >= 0.3 is 0 Å². The van der Waals surface area contributed by atoms with Gasteiger partial charge in [-0.3, -0.25) is 9.52 Å². The fraction of sp³-hybridized carbons (Fsp3) is 0.929. The molecule has 0 saturated carbocycles. The minimum absolute atomic E-state index is 0.00528. The van der Waals surface area contributed by atoms with Crippen LogP contribution in [0.2, 0.25) is 0 Å². The van der Waals surface area contributed by atoms with Crippen LogP contribution < -0.4 is 20.7 Å². The zero-order valence-corrected chi connectivity index (χ0v) is 29.1. The molecule has 0 aromatic carbocycles. The number of aliphatic hydroxyl groups excluding tert-OH is 4. The maximum atomic E-state index is 11.4. The van der Waals surface area contributed by atoms with Crippen LogP contribution in [-0.4, -0.2) is 134 Å². The molecule has 0 fully saturated rings. The molecule has 0 rings (SSSR count). The van der Waals surface area contributed by atoms with E-state index in [0.717, 1.165) is 25.6 Å². The number of rotatable bonds is 17. The van der Waals surface area contributed by atoms with E-state index in [0.29, 0.717) is 30.5 Å². The average Bonchev–Trinajstić information content (AvgIpc) is 2.83. The number of aliphatic hydroxyl groups is 4. The first-order valence-corrected chi connectivity index (χ1v) is 16.5. The summed E-state index contributed by atoms with van der Waals surface area (Å²) in [5.41, 5.74) is 0. The van der Waals surface area contributed by atoms with Crippen molar-refractivity contribution in [2.45, 2.75) is 124 Å². The number of hydrogen-bond acceptors (Lipinski definition) is 12. The Hall–Kier alpha value is -1.23. The molecule has 0 saturated heterocycles.